The second-order valence-corrected chi connectivity index (χ2v) is 8.27. The van der Waals surface area contributed by atoms with Crippen LogP contribution in [0.15, 0.2) is 11.2 Å². The number of nitrogens with one attached hydrogen (secondary N) is 2. The van der Waals surface area contributed by atoms with Crippen molar-refractivity contribution >= 4 is 10.0 Å². The van der Waals surface area contributed by atoms with E-state index in [1.165, 1.54) is 6.20 Å². The van der Waals surface area contributed by atoms with Gasteiger partial charge in [0.05, 0.1) is 6.20 Å². The van der Waals surface area contributed by atoms with Gasteiger partial charge in [-0.2, -0.15) is 5.10 Å². The van der Waals surface area contributed by atoms with Crippen LogP contribution in [-0.4, -0.2) is 24.2 Å². The lowest BCUT2D eigenvalue weighted by molar-refractivity contribution is 0.269. The fraction of sp³-hybridized carbons (Fsp3) is 0.750. The highest BCUT2D eigenvalue weighted by Gasteiger charge is 2.32. The first kappa shape index (κ1) is 16.1. The standard InChI is InChI=1S/C12H24N4O2S/c1-11(2,3)8-12(4,5)16-19(17,18)10-9(6-13)7-14-15-10/h7,16H,6,8,13H2,1-5H3,(H,14,15). The lowest BCUT2D eigenvalue weighted by Crippen LogP contribution is -2.46. The molecule has 0 fully saturated rings. The molecule has 0 spiro atoms. The van der Waals surface area contributed by atoms with Gasteiger partial charge in [0.1, 0.15) is 0 Å². The number of nitrogens with two attached hydrogens (primary N) is 1. The molecule has 1 aromatic heterocycles. The van der Waals surface area contributed by atoms with Crippen LogP contribution in [0.25, 0.3) is 0 Å². The predicted octanol–water partition coefficient (Wildman–Crippen LogP) is 1.36. The molecule has 0 aliphatic carbocycles. The molecule has 0 unspecified atom stereocenters. The predicted molar refractivity (Wildman–Crippen MR) is 75.0 cm³/mol. The number of aromatic nitrogens is 2. The second-order valence-electron chi connectivity index (χ2n) is 6.66. The van der Waals surface area contributed by atoms with Crippen molar-refractivity contribution in [3.05, 3.63) is 11.8 Å². The van der Waals surface area contributed by atoms with Crippen LogP contribution < -0.4 is 10.5 Å². The van der Waals surface area contributed by atoms with Crippen LogP contribution in [0.5, 0.6) is 0 Å². The Labute approximate surface area is 115 Å². The van der Waals surface area contributed by atoms with E-state index in [1.54, 1.807) is 0 Å². The molecule has 7 heteroatoms. The maximum Gasteiger partial charge on any atom is 0.258 e. The summed E-state index contributed by atoms with van der Waals surface area (Å²) >= 11 is 0. The van der Waals surface area contributed by atoms with Gasteiger partial charge >= 0.3 is 0 Å². The first-order chi connectivity index (χ1) is 8.47. The molecule has 0 saturated carbocycles. The maximum absolute atomic E-state index is 12.3. The summed E-state index contributed by atoms with van der Waals surface area (Å²) in [4.78, 5) is 0. The van der Waals surface area contributed by atoms with Crippen molar-refractivity contribution in [3.63, 3.8) is 0 Å². The molecule has 110 valence electrons. The Morgan fingerprint density at radius 1 is 1.32 bits per heavy atom. The highest BCUT2D eigenvalue weighted by Crippen LogP contribution is 2.28. The van der Waals surface area contributed by atoms with Crippen LogP contribution in [0.1, 0.15) is 46.6 Å². The van der Waals surface area contributed by atoms with Gasteiger partial charge in [-0.25, -0.2) is 13.1 Å². The van der Waals surface area contributed by atoms with Crippen molar-refractivity contribution in [1.29, 1.82) is 0 Å². The number of hydrogen-bond donors (Lipinski definition) is 3. The van der Waals surface area contributed by atoms with Gasteiger partial charge < -0.3 is 5.73 Å². The van der Waals surface area contributed by atoms with Crippen LogP contribution in [0, 0.1) is 5.41 Å². The number of nitrogens with zero attached hydrogens (tertiary/aromatic N) is 1. The van der Waals surface area contributed by atoms with Crippen LogP contribution in [0.4, 0.5) is 0 Å². The summed E-state index contributed by atoms with van der Waals surface area (Å²) in [6.45, 7) is 10.1. The summed E-state index contributed by atoms with van der Waals surface area (Å²) in [5, 5.41) is 6.29. The zero-order valence-electron chi connectivity index (χ0n) is 12.2. The number of aromatic amines is 1. The molecule has 19 heavy (non-hydrogen) atoms. The summed E-state index contributed by atoms with van der Waals surface area (Å²) in [5.74, 6) is 0. The van der Waals surface area contributed by atoms with Gasteiger partial charge in [-0.15, -0.1) is 0 Å². The minimum Gasteiger partial charge on any atom is -0.326 e. The average molecular weight is 288 g/mol. The topological polar surface area (TPSA) is 101 Å². The van der Waals surface area contributed by atoms with Gasteiger partial charge in [-0.1, -0.05) is 20.8 Å². The van der Waals surface area contributed by atoms with E-state index in [9.17, 15) is 8.42 Å². The summed E-state index contributed by atoms with van der Waals surface area (Å²) in [7, 11) is -3.64. The molecule has 1 aromatic rings. The molecule has 4 N–H and O–H groups in total. The second kappa shape index (κ2) is 5.22. The van der Waals surface area contributed by atoms with Gasteiger partial charge in [0.2, 0.25) is 0 Å². The molecular weight excluding hydrogens is 264 g/mol. The third-order valence-corrected chi connectivity index (χ3v) is 4.26. The van der Waals surface area contributed by atoms with E-state index in [0.717, 1.165) is 0 Å². The Bertz CT molecular complexity index is 526. The van der Waals surface area contributed by atoms with Crippen molar-refractivity contribution in [2.45, 2.75) is 58.1 Å². The molecule has 6 nitrogen and oxygen atoms in total. The fourth-order valence-corrected chi connectivity index (χ4v) is 4.01. The van der Waals surface area contributed by atoms with Crippen LogP contribution in [0.3, 0.4) is 0 Å². The Morgan fingerprint density at radius 2 is 1.89 bits per heavy atom. The molecule has 0 aliphatic heterocycles. The Morgan fingerprint density at radius 3 is 2.37 bits per heavy atom. The number of hydrogen-bond acceptors (Lipinski definition) is 4. The normalized spacial score (nSPS) is 13.8. The highest BCUT2D eigenvalue weighted by atomic mass is 32.2. The lowest BCUT2D eigenvalue weighted by Gasteiger charge is -2.32. The molecule has 0 atom stereocenters. The molecule has 0 aliphatic rings. The summed E-state index contributed by atoms with van der Waals surface area (Å²) in [6, 6.07) is 0. The smallest absolute Gasteiger partial charge is 0.258 e. The fourth-order valence-electron chi connectivity index (χ4n) is 2.45. The Hall–Kier alpha value is -0.920. The van der Waals surface area contributed by atoms with E-state index in [2.05, 4.69) is 35.7 Å². The number of H-pyrrole nitrogens is 1. The van der Waals surface area contributed by atoms with E-state index in [0.29, 0.717) is 12.0 Å². The van der Waals surface area contributed by atoms with Crippen LogP contribution in [-0.2, 0) is 16.6 Å². The van der Waals surface area contributed by atoms with Gasteiger partial charge in [-0.3, -0.25) is 5.10 Å². The minimum absolute atomic E-state index is 0.0245. The van der Waals surface area contributed by atoms with Gasteiger partial charge in [0.25, 0.3) is 10.0 Å². The van der Waals surface area contributed by atoms with Gasteiger partial charge in [0.15, 0.2) is 5.03 Å². The highest BCUT2D eigenvalue weighted by molar-refractivity contribution is 7.89. The largest absolute Gasteiger partial charge is 0.326 e. The zero-order valence-corrected chi connectivity index (χ0v) is 13.1. The quantitative estimate of drug-likeness (QED) is 0.761. The Kier molecular flexibility index (Phi) is 4.44. The van der Waals surface area contributed by atoms with Crippen molar-refractivity contribution in [2.24, 2.45) is 11.1 Å². The van der Waals surface area contributed by atoms with Crippen molar-refractivity contribution in [2.75, 3.05) is 0 Å². The monoisotopic (exact) mass is 288 g/mol. The molecule has 0 saturated heterocycles. The SMILES string of the molecule is CC(C)(C)CC(C)(C)NS(=O)(=O)c1[nH]ncc1CN. The first-order valence-electron chi connectivity index (χ1n) is 6.23. The average Bonchev–Trinajstić information content (AvgIpc) is 2.58. The minimum atomic E-state index is -3.64. The zero-order chi connectivity index (χ0) is 14.9. The van der Waals surface area contributed by atoms with E-state index in [1.807, 2.05) is 13.8 Å². The van der Waals surface area contributed by atoms with E-state index in [-0.39, 0.29) is 17.0 Å². The van der Waals surface area contributed by atoms with Gasteiger partial charge in [-0.05, 0) is 25.7 Å². The van der Waals surface area contributed by atoms with E-state index >= 15 is 0 Å². The summed E-state index contributed by atoms with van der Waals surface area (Å²) in [6.07, 6.45) is 2.15. The van der Waals surface area contributed by atoms with E-state index < -0.39 is 15.6 Å². The number of rotatable bonds is 5. The van der Waals surface area contributed by atoms with Crippen LogP contribution in [0.2, 0.25) is 0 Å². The van der Waals surface area contributed by atoms with E-state index in [4.69, 9.17) is 5.73 Å². The van der Waals surface area contributed by atoms with Crippen molar-refractivity contribution in [3.8, 4) is 0 Å². The lowest BCUT2D eigenvalue weighted by atomic mass is 9.82. The summed E-state index contributed by atoms with van der Waals surface area (Å²) < 4.78 is 27.4. The third-order valence-electron chi connectivity index (χ3n) is 2.55. The van der Waals surface area contributed by atoms with Gasteiger partial charge in [0, 0.05) is 17.6 Å². The van der Waals surface area contributed by atoms with Crippen molar-refractivity contribution < 1.29 is 8.42 Å². The molecule has 1 rings (SSSR count). The molecule has 1 heterocycles. The van der Waals surface area contributed by atoms with Crippen molar-refractivity contribution in [1.82, 2.24) is 14.9 Å². The number of sulfonamides is 1. The summed E-state index contributed by atoms with van der Waals surface area (Å²) in [5.41, 5.74) is 5.47. The third kappa shape index (κ3) is 4.59. The molecule has 0 radical (unpaired) electrons. The molecule has 0 amide bonds. The molecule has 0 bridgehead atoms. The first-order valence-corrected chi connectivity index (χ1v) is 7.71. The molecular formula is C12H24N4O2S. The maximum atomic E-state index is 12.3. The van der Waals surface area contributed by atoms with Crippen LogP contribution >= 0.6 is 0 Å². The molecule has 0 aromatic carbocycles. The Balaban J connectivity index is 2.98.